The largest absolute Gasteiger partial charge is 0.356 e. The van der Waals surface area contributed by atoms with Gasteiger partial charge in [0.15, 0.2) is 5.78 Å². The molecule has 23 heavy (non-hydrogen) atoms. The number of hydrogen-bond acceptors (Lipinski definition) is 2. The number of aryl methyl sites for hydroxylation is 2. The summed E-state index contributed by atoms with van der Waals surface area (Å²) in [4.78, 5) is 12.5. The van der Waals surface area contributed by atoms with Gasteiger partial charge < -0.3 is 0 Å². The summed E-state index contributed by atoms with van der Waals surface area (Å²) in [6, 6.07) is 15.6. The lowest BCUT2D eigenvalue weighted by Crippen LogP contribution is -2.40. The van der Waals surface area contributed by atoms with Crippen molar-refractivity contribution in [1.82, 2.24) is 4.57 Å². The molecule has 120 valence electrons. The number of fused-ring (bicyclic) bond motifs is 1. The molecule has 0 aliphatic heterocycles. The number of ketones is 1. The number of anilines is 1. The van der Waals surface area contributed by atoms with Crippen molar-refractivity contribution in [2.45, 2.75) is 26.9 Å². The smallest absolute Gasteiger partial charge is 0.291 e. The Labute approximate surface area is 146 Å². The first-order valence-corrected chi connectivity index (χ1v) is 7.48. The highest BCUT2D eigenvalue weighted by atomic mass is 79.9. The van der Waals surface area contributed by atoms with Crippen LogP contribution in [0.1, 0.15) is 22.8 Å². The number of rotatable bonds is 4. The van der Waals surface area contributed by atoms with Crippen molar-refractivity contribution in [2.75, 3.05) is 5.73 Å². The van der Waals surface area contributed by atoms with E-state index < -0.39 is 0 Å². The van der Waals surface area contributed by atoms with Crippen LogP contribution in [0, 0.1) is 6.92 Å². The molecule has 1 heterocycles. The van der Waals surface area contributed by atoms with Gasteiger partial charge >= 0.3 is 5.95 Å². The van der Waals surface area contributed by atoms with Crippen LogP contribution < -0.4 is 10.3 Å². The number of carbonyl (C=O) groups is 1. The topological polar surface area (TPSA) is 51.9 Å². The van der Waals surface area contributed by atoms with Crippen LogP contribution >= 0.6 is 17.0 Å². The molecule has 0 saturated carbocycles. The van der Waals surface area contributed by atoms with Gasteiger partial charge in [0.25, 0.3) is 0 Å². The number of hydrogen-bond donors (Lipinski definition) is 1. The standard InChI is InChI=1S/C18H19N3O.BrH/c1-3-20-15-6-4-5-7-16(15)21(18(20)19)12-17(22)14-10-8-13(2)9-11-14;/h4-11,19H,3,12H2,1-2H3;1H/p+1. The van der Waals surface area contributed by atoms with E-state index in [1.165, 1.54) is 0 Å². The summed E-state index contributed by atoms with van der Waals surface area (Å²) in [5, 5.41) is 0. The van der Waals surface area contributed by atoms with Crippen LogP contribution in [0.5, 0.6) is 0 Å². The summed E-state index contributed by atoms with van der Waals surface area (Å²) in [5.74, 6) is 0.680. The molecule has 4 nitrogen and oxygen atoms in total. The first-order valence-electron chi connectivity index (χ1n) is 7.48. The van der Waals surface area contributed by atoms with Gasteiger partial charge in [-0.2, -0.15) is 0 Å². The third kappa shape index (κ3) is 3.15. The van der Waals surface area contributed by atoms with Crippen molar-refractivity contribution in [3.63, 3.8) is 0 Å². The Hall–Kier alpha value is -2.14. The third-order valence-corrected chi connectivity index (χ3v) is 4.01. The van der Waals surface area contributed by atoms with Gasteiger partial charge in [0.05, 0.1) is 6.54 Å². The summed E-state index contributed by atoms with van der Waals surface area (Å²) in [7, 11) is 0. The quantitative estimate of drug-likeness (QED) is 0.562. The summed E-state index contributed by atoms with van der Waals surface area (Å²) in [6.07, 6.45) is 0. The van der Waals surface area contributed by atoms with E-state index in [0.717, 1.165) is 23.1 Å². The lowest BCUT2D eigenvalue weighted by molar-refractivity contribution is -0.642. The van der Waals surface area contributed by atoms with E-state index in [0.29, 0.717) is 11.5 Å². The number of carbonyl (C=O) groups excluding carboxylic acids is 1. The molecule has 0 fully saturated rings. The molecule has 1 aromatic heterocycles. The summed E-state index contributed by atoms with van der Waals surface area (Å²) in [6.45, 7) is 5.09. The van der Waals surface area contributed by atoms with Crippen LogP contribution in [0.2, 0.25) is 0 Å². The second kappa shape index (κ2) is 6.96. The van der Waals surface area contributed by atoms with E-state index >= 15 is 0 Å². The highest BCUT2D eigenvalue weighted by Crippen LogP contribution is 2.16. The molecular formula is C18H21BrN3O+. The van der Waals surface area contributed by atoms with Crippen LogP contribution in [0.3, 0.4) is 0 Å². The van der Waals surface area contributed by atoms with E-state index in [-0.39, 0.29) is 29.3 Å². The van der Waals surface area contributed by atoms with Crippen molar-refractivity contribution in [3.05, 3.63) is 59.7 Å². The zero-order chi connectivity index (χ0) is 15.7. The van der Waals surface area contributed by atoms with Crippen LogP contribution in [-0.4, -0.2) is 10.4 Å². The molecule has 0 unspecified atom stereocenters. The fraction of sp³-hybridized carbons (Fsp3) is 0.222. The molecule has 0 aliphatic rings. The molecule has 0 bridgehead atoms. The molecule has 0 atom stereocenters. The normalized spacial score (nSPS) is 10.5. The number of Topliss-reactive ketones (excluding diaryl/α,β-unsaturated/α-hetero) is 1. The first kappa shape index (κ1) is 17.2. The number of benzene rings is 2. The fourth-order valence-corrected chi connectivity index (χ4v) is 2.79. The lowest BCUT2D eigenvalue weighted by atomic mass is 10.1. The van der Waals surface area contributed by atoms with Gasteiger partial charge in [-0.25, -0.2) is 9.13 Å². The highest BCUT2D eigenvalue weighted by molar-refractivity contribution is 8.93. The monoisotopic (exact) mass is 374 g/mol. The van der Waals surface area contributed by atoms with Crippen molar-refractivity contribution in [2.24, 2.45) is 0 Å². The Balaban J connectivity index is 0.00000192. The predicted octanol–water partition coefficient (Wildman–Crippen LogP) is 3.30. The third-order valence-electron chi connectivity index (χ3n) is 4.01. The number of imidazole rings is 1. The summed E-state index contributed by atoms with van der Waals surface area (Å²) in [5.41, 5.74) is 10.2. The highest BCUT2D eigenvalue weighted by Gasteiger charge is 2.21. The molecule has 3 aromatic rings. The molecule has 0 amide bonds. The summed E-state index contributed by atoms with van der Waals surface area (Å²) >= 11 is 0. The second-order valence-electron chi connectivity index (χ2n) is 5.47. The number of nitrogens with zero attached hydrogens (tertiary/aromatic N) is 2. The van der Waals surface area contributed by atoms with E-state index in [9.17, 15) is 4.79 Å². The van der Waals surface area contributed by atoms with Crippen molar-refractivity contribution in [1.29, 1.82) is 0 Å². The molecule has 2 aromatic carbocycles. The number of nitrogen functional groups attached to an aromatic ring is 1. The number of halogens is 1. The van der Waals surface area contributed by atoms with Gasteiger partial charge in [0.2, 0.25) is 0 Å². The number of nitrogens with two attached hydrogens (primary N) is 1. The minimum atomic E-state index is 0. The lowest BCUT2D eigenvalue weighted by Gasteiger charge is -2.02. The van der Waals surface area contributed by atoms with Crippen LogP contribution in [0.25, 0.3) is 11.0 Å². The molecule has 5 heteroatoms. The zero-order valence-electron chi connectivity index (χ0n) is 13.3. The number of para-hydroxylation sites is 2. The van der Waals surface area contributed by atoms with Crippen LogP contribution in [0.15, 0.2) is 48.5 Å². The Kier molecular flexibility index (Phi) is 5.21. The van der Waals surface area contributed by atoms with Gasteiger partial charge in [-0.1, -0.05) is 42.0 Å². The maximum Gasteiger partial charge on any atom is 0.356 e. The second-order valence-corrected chi connectivity index (χ2v) is 5.47. The van der Waals surface area contributed by atoms with E-state index in [4.69, 9.17) is 5.73 Å². The molecule has 3 rings (SSSR count). The Morgan fingerprint density at radius 2 is 1.78 bits per heavy atom. The van der Waals surface area contributed by atoms with E-state index in [2.05, 4.69) is 6.92 Å². The van der Waals surface area contributed by atoms with Crippen LogP contribution in [0.4, 0.5) is 5.95 Å². The molecule has 0 saturated heterocycles. The SMILES string of the molecule is Br.CCn1c(N)[n+](CC(=O)c2ccc(C)cc2)c2ccccc21. The van der Waals surface area contributed by atoms with Gasteiger partial charge in [0, 0.05) is 5.56 Å². The fourth-order valence-electron chi connectivity index (χ4n) is 2.79. The van der Waals surface area contributed by atoms with Crippen LogP contribution in [-0.2, 0) is 13.1 Å². The zero-order valence-corrected chi connectivity index (χ0v) is 15.0. The minimum absolute atomic E-state index is 0. The van der Waals surface area contributed by atoms with Gasteiger partial charge in [-0.15, -0.1) is 17.0 Å². The molecular weight excluding hydrogens is 354 g/mol. The Morgan fingerprint density at radius 1 is 1.13 bits per heavy atom. The molecule has 2 N–H and O–H groups in total. The molecule has 0 spiro atoms. The summed E-state index contributed by atoms with van der Waals surface area (Å²) < 4.78 is 3.92. The number of aromatic nitrogens is 2. The van der Waals surface area contributed by atoms with Gasteiger partial charge in [-0.05, 0) is 26.0 Å². The van der Waals surface area contributed by atoms with Crippen molar-refractivity contribution in [3.8, 4) is 0 Å². The average Bonchev–Trinajstić information content (AvgIpc) is 2.80. The Morgan fingerprint density at radius 3 is 2.43 bits per heavy atom. The molecule has 0 aliphatic carbocycles. The first-order chi connectivity index (χ1) is 10.6. The predicted molar refractivity (Wildman–Crippen MR) is 98.1 cm³/mol. The Bertz CT molecular complexity index is 837. The van der Waals surface area contributed by atoms with Gasteiger partial charge in [-0.3, -0.25) is 10.5 Å². The average molecular weight is 375 g/mol. The van der Waals surface area contributed by atoms with E-state index in [1.807, 2.05) is 64.6 Å². The van der Waals surface area contributed by atoms with Gasteiger partial charge in [0.1, 0.15) is 17.6 Å². The maximum absolute atomic E-state index is 12.5. The maximum atomic E-state index is 12.5. The van der Waals surface area contributed by atoms with Crippen molar-refractivity contribution < 1.29 is 9.36 Å². The minimum Gasteiger partial charge on any atom is -0.291 e. The van der Waals surface area contributed by atoms with Crippen molar-refractivity contribution >= 4 is 39.7 Å². The van der Waals surface area contributed by atoms with E-state index in [1.54, 1.807) is 0 Å². The molecule has 0 radical (unpaired) electrons.